The van der Waals surface area contributed by atoms with E-state index in [4.69, 9.17) is 14.3 Å². The van der Waals surface area contributed by atoms with Gasteiger partial charge >= 0.3 is 5.97 Å². The molecule has 0 unspecified atom stereocenters. The number of amides is 1. The molecule has 0 atom stereocenters. The van der Waals surface area contributed by atoms with E-state index < -0.39 is 16.8 Å². The van der Waals surface area contributed by atoms with Crippen LogP contribution < -0.4 is 10.1 Å². The summed E-state index contributed by atoms with van der Waals surface area (Å²) in [4.78, 5) is 36.1. The number of carbonyl (C=O) groups is 2. The summed E-state index contributed by atoms with van der Waals surface area (Å²) < 4.78 is 18.9. The molecule has 2 heterocycles. The SMILES string of the molecule is CCCCCCCCCCCc1nn(-c2ccc([N+](=O)[O-])cc2)c(Oc2cc(C(=O)NCCC(=O)OC)c(O)c3ccccc23)c1CSc1nnc(CC)o1. The number of thioether (sulfide) groups is 1. The van der Waals surface area contributed by atoms with E-state index in [1.807, 2.05) is 6.92 Å². The zero-order chi connectivity index (χ0) is 39.2. The summed E-state index contributed by atoms with van der Waals surface area (Å²) in [6.45, 7) is 4.15. The van der Waals surface area contributed by atoms with Crippen molar-refractivity contribution in [1.82, 2.24) is 25.3 Å². The Bertz CT molecular complexity index is 2060. The molecule has 3 aromatic carbocycles. The van der Waals surface area contributed by atoms with E-state index >= 15 is 0 Å². The molecule has 0 fully saturated rings. The number of nitrogens with zero attached hydrogens (tertiary/aromatic N) is 5. The number of carbonyl (C=O) groups excluding carboxylic acids is 2. The highest BCUT2D eigenvalue weighted by molar-refractivity contribution is 7.98. The highest BCUT2D eigenvalue weighted by Gasteiger charge is 2.25. The highest BCUT2D eigenvalue weighted by atomic mass is 32.2. The van der Waals surface area contributed by atoms with E-state index in [1.54, 1.807) is 41.1 Å². The Morgan fingerprint density at radius 1 is 0.964 bits per heavy atom. The van der Waals surface area contributed by atoms with Gasteiger partial charge in [0.1, 0.15) is 11.5 Å². The molecule has 0 bridgehead atoms. The number of aromatic nitrogens is 4. The second-order valence-corrected chi connectivity index (χ2v) is 14.0. The molecule has 2 N–H and O–H groups in total. The van der Waals surface area contributed by atoms with Crippen molar-refractivity contribution in [3.63, 3.8) is 0 Å². The molecule has 0 spiro atoms. The van der Waals surface area contributed by atoms with Gasteiger partial charge in [0.2, 0.25) is 11.8 Å². The number of benzene rings is 3. The first-order valence-corrected chi connectivity index (χ1v) is 19.8. The van der Waals surface area contributed by atoms with Gasteiger partial charge in [-0.1, -0.05) is 101 Å². The summed E-state index contributed by atoms with van der Waals surface area (Å²) in [5.74, 6) is 0.122. The van der Waals surface area contributed by atoms with Crippen molar-refractivity contribution in [3.05, 3.63) is 87.4 Å². The maximum absolute atomic E-state index is 13.4. The van der Waals surface area contributed by atoms with Crippen LogP contribution in [0.2, 0.25) is 0 Å². The first-order valence-electron chi connectivity index (χ1n) is 18.8. The molecule has 55 heavy (non-hydrogen) atoms. The summed E-state index contributed by atoms with van der Waals surface area (Å²) in [5.41, 5.74) is 1.94. The maximum Gasteiger partial charge on any atom is 0.307 e. The second-order valence-electron chi connectivity index (χ2n) is 13.1. The predicted molar refractivity (Wildman–Crippen MR) is 209 cm³/mol. The van der Waals surface area contributed by atoms with Gasteiger partial charge in [-0.2, -0.15) is 5.10 Å². The van der Waals surface area contributed by atoms with Crippen LogP contribution in [-0.2, 0) is 28.1 Å². The minimum Gasteiger partial charge on any atom is -0.506 e. The Labute approximate surface area is 324 Å². The van der Waals surface area contributed by atoms with Crippen molar-refractivity contribution in [1.29, 1.82) is 0 Å². The van der Waals surface area contributed by atoms with Crippen LogP contribution in [0.15, 0.2) is 64.2 Å². The molecule has 2 aromatic heterocycles. The number of phenolic OH excluding ortho intramolecular Hbond substituents is 1. The van der Waals surface area contributed by atoms with Crippen LogP contribution in [0, 0.1) is 10.1 Å². The average Bonchev–Trinajstić information content (AvgIpc) is 3.81. The lowest BCUT2D eigenvalue weighted by Crippen LogP contribution is -2.26. The van der Waals surface area contributed by atoms with Gasteiger partial charge < -0.3 is 24.3 Å². The molecule has 1 amide bonds. The lowest BCUT2D eigenvalue weighted by Gasteiger charge is -2.16. The van der Waals surface area contributed by atoms with Crippen molar-refractivity contribution in [2.45, 2.75) is 102 Å². The Morgan fingerprint density at radius 2 is 1.65 bits per heavy atom. The van der Waals surface area contributed by atoms with E-state index in [0.29, 0.717) is 52.0 Å². The van der Waals surface area contributed by atoms with Crippen LogP contribution >= 0.6 is 11.8 Å². The molecule has 292 valence electrons. The van der Waals surface area contributed by atoms with E-state index in [1.165, 1.54) is 75.6 Å². The molecule has 15 heteroatoms. The fourth-order valence-corrected chi connectivity index (χ4v) is 6.97. The topological polar surface area (TPSA) is 185 Å². The standard InChI is InChI=1S/C40H48N6O8S/c1-4-6-7-8-9-10-11-12-13-18-33-32(26-55-40-43-42-35(5-2)54-40)39(45(44-33)27-19-21-28(22-20-27)46(50)51)53-34-25-31(38(49)41-24-23-36(47)52-3)37(48)30-17-15-14-16-29(30)34/h14-17,19-22,25,48H,4-13,18,23-24,26H2,1-3H3,(H,41,49). The van der Waals surface area contributed by atoms with Gasteiger partial charge in [-0.15, -0.1) is 10.2 Å². The average molecular weight is 773 g/mol. The molecule has 0 saturated heterocycles. The van der Waals surface area contributed by atoms with E-state index in [-0.39, 0.29) is 35.7 Å². The number of rotatable bonds is 22. The summed E-state index contributed by atoms with van der Waals surface area (Å²) >= 11 is 1.34. The maximum atomic E-state index is 13.4. The third-order valence-electron chi connectivity index (χ3n) is 9.20. The fraction of sp³-hybridized carbons (Fsp3) is 0.425. The number of phenols is 1. The van der Waals surface area contributed by atoms with Crippen LogP contribution in [0.5, 0.6) is 17.4 Å². The third-order valence-corrected chi connectivity index (χ3v) is 10.0. The second kappa shape index (κ2) is 20.3. The Balaban J connectivity index is 1.54. The molecule has 0 aliphatic carbocycles. The molecular formula is C40H48N6O8S. The van der Waals surface area contributed by atoms with Gasteiger partial charge in [-0.25, -0.2) is 4.68 Å². The van der Waals surface area contributed by atoms with Gasteiger partial charge in [0, 0.05) is 47.2 Å². The van der Waals surface area contributed by atoms with Crippen molar-refractivity contribution < 1.29 is 33.5 Å². The molecule has 0 saturated carbocycles. The molecule has 0 radical (unpaired) electrons. The third kappa shape index (κ3) is 10.8. The number of nitro groups is 1. The van der Waals surface area contributed by atoms with Gasteiger partial charge in [0.05, 0.1) is 35.4 Å². The van der Waals surface area contributed by atoms with Gasteiger partial charge in [0.25, 0.3) is 16.8 Å². The number of nitro benzene ring substituents is 1. The first-order chi connectivity index (χ1) is 26.7. The predicted octanol–water partition coefficient (Wildman–Crippen LogP) is 9.04. The van der Waals surface area contributed by atoms with Crippen LogP contribution in [0.4, 0.5) is 5.69 Å². The van der Waals surface area contributed by atoms with E-state index in [2.05, 4.69) is 27.2 Å². The van der Waals surface area contributed by atoms with E-state index in [0.717, 1.165) is 30.5 Å². The van der Waals surface area contributed by atoms with Crippen molar-refractivity contribution in [2.24, 2.45) is 0 Å². The van der Waals surface area contributed by atoms with Crippen LogP contribution in [0.1, 0.15) is 106 Å². The zero-order valence-electron chi connectivity index (χ0n) is 31.5. The normalized spacial score (nSPS) is 11.2. The Kier molecular flexibility index (Phi) is 15.0. The number of methoxy groups -OCH3 is 1. The van der Waals surface area contributed by atoms with Crippen molar-refractivity contribution in [2.75, 3.05) is 13.7 Å². The Hall–Kier alpha value is -5.44. The smallest absolute Gasteiger partial charge is 0.307 e. The van der Waals surface area contributed by atoms with Crippen LogP contribution in [0.3, 0.4) is 0 Å². The summed E-state index contributed by atoms with van der Waals surface area (Å²) in [6.07, 6.45) is 11.7. The Morgan fingerprint density at radius 3 is 2.31 bits per heavy atom. The lowest BCUT2D eigenvalue weighted by atomic mass is 10.0. The molecule has 5 rings (SSSR count). The van der Waals surface area contributed by atoms with Crippen molar-refractivity contribution >= 4 is 40.1 Å². The number of hydrogen-bond donors (Lipinski definition) is 2. The fourth-order valence-electron chi connectivity index (χ4n) is 6.16. The number of fused-ring (bicyclic) bond motifs is 1. The van der Waals surface area contributed by atoms with Gasteiger partial charge in [-0.3, -0.25) is 19.7 Å². The highest BCUT2D eigenvalue weighted by Crippen LogP contribution is 2.41. The molecule has 14 nitrogen and oxygen atoms in total. The number of non-ortho nitro benzene ring substituents is 1. The quantitative estimate of drug-likeness (QED) is 0.0224. The number of hydrogen-bond acceptors (Lipinski definition) is 12. The van der Waals surface area contributed by atoms with Crippen LogP contribution in [-0.4, -0.2) is 55.5 Å². The minimum absolute atomic E-state index is 0.000115. The van der Waals surface area contributed by atoms with Crippen LogP contribution in [0.25, 0.3) is 16.5 Å². The number of nitrogens with one attached hydrogen (secondary N) is 1. The summed E-state index contributed by atoms with van der Waals surface area (Å²) in [7, 11) is 1.27. The molecule has 0 aliphatic rings. The number of unbranched alkanes of at least 4 members (excludes halogenated alkanes) is 8. The number of esters is 1. The lowest BCUT2D eigenvalue weighted by molar-refractivity contribution is -0.384. The summed E-state index contributed by atoms with van der Waals surface area (Å²) in [6, 6.07) is 14.5. The monoisotopic (exact) mass is 772 g/mol. The van der Waals surface area contributed by atoms with E-state index in [9.17, 15) is 24.8 Å². The molecule has 0 aliphatic heterocycles. The van der Waals surface area contributed by atoms with Gasteiger partial charge in [0.15, 0.2) is 0 Å². The van der Waals surface area contributed by atoms with Gasteiger partial charge in [-0.05, 0) is 31.0 Å². The summed E-state index contributed by atoms with van der Waals surface area (Å²) in [5, 5.41) is 40.1. The number of aromatic hydroxyl groups is 1. The minimum atomic E-state index is -0.606. The molecule has 5 aromatic rings. The largest absolute Gasteiger partial charge is 0.506 e. The zero-order valence-corrected chi connectivity index (χ0v) is 32.4. The number of ether oxygens (including phenoxy) is 2. The van der Waals surface area contributed by atoms with Crippen molar-refractivity contribution in [3.8, 4) is 23.1 Å². The first kappa shape index (κ1) is 40.7. The number of aryl methyl sites for hydroxylation is 2. The molecular weight excluding hydrogens is 725 g/mol.